The first kappa shape index (κ1) is 16.9. The summed E-state index contributed by atoms with van der Waals surface area (Å²) >= 11 is 0. The van der Waals surface area contributed by atoms with Crippen LogP contribution in [0.5, 0.6) is 0 Å². The van der Waals surface area contributed by atoms with Crippen LogP contribution in [-0.2, 0) is 10.0 Å². The molecule has 0 aliphatic carbocycles. The van der Waals surface area contributed by atoms with E-state index >= 15 is 0 Å². The van der Waals surface area contributed by atoms with Crippen LogP contribution in [0.3, 0.4) is 0 Å². The van der Waals surface area contributed by atoms with Crippen molar-refractivity contribution >= 4 is 26.9 Å². The fraction of sp³-hybridized carbons (Fsp3) is 0.263. The van der Waals surface area contributed by atoms with E-state index < -0.39 is 10.0 Å². The summed E-state index contributed by atoms with van der Waals surface area (Å²) in [6.07, 6.45) is 1.67. The fourth-order valence-corrected chi connectivity index (χ4v) is 4.43. The summed E-state index contributed by atoms with van der Waals surface area (Å²) in [5.41, 5.74) is 2.71. The highest BCUT2D eigenvalue weighted by atomic mass is 32.2. The van der Waals surface area contributed by atoms with E-state index in [0.717, 1.165) is 41.5 Å². The van der Waals surface area contributed by atoms with Crippen molar-refractivity contribution in [3.63, 3.8) is 0 Å². The molecule has 0 bridgehead atoms. The summed E-state index contributed by atoms with van der Waals surface area (Å²) in [6.45, 7) is 0.729. The zero-order valence-electron chi connectivity index (χ0n) is 14.2. The van der Waals surface area contributed by atoms with Gasteiger partial charge in [0.15, 0.2) is 0 Å². The second-order valence-electron chi connectivity index (χ2n) is 6.57. The van der Waals surface area contributed by atoms with E-state index in [1.165, 1.54) is 0 Å². The van der Waals surface area contributed by atoms with Crippen molar-refractivity contribution in [2.24, 2.45) is 5.14 Å². The molecule has 6 nitrogen and oxygen atoms in total. The lowest BCUT2D eigenvalue weighted by molar-refractivity contribution is 0.586. The van der Waals surface area contributed by atoms with E-state index in [1.54, 1.807) is 0 Å². The highest BCUT2D eigenvalue weighted by Gasteiger charge is 2.30. The van der Waals surface area contributed by atoms with Gasteiger partial charge < -0.3 is 4.90 Å². The third-order valence-corrected chi connectivity index (χ3v) is 5.55. The molecule has 0 unspecified atom stereocenters. The average molecular weight is 368 g/mol. The SMILES string of the molecule is NS(=O)(=O)C[C@H]1CCCN1c1nc(-c2ccccc2)c2ccccc2n1. The smallest absolute Gasteiger partial charge is 0.226 e. The van der Waals surface area contributed by atoms with E-state index in [9.17, 15) is 8.42 Å². The molecule has 7 heteroatoms. The minimum Gasteiger partial charge on any atom is -0.337 e. The minimum atomic E-state index is -3.55. The van der Waals surface area contributed by atoms with E-state index in [1.807, 2.05) is 59.5 Å². The van der Waals surface area contributed by atoms with Gasteiger partial charge in [0.2, 0.25) is 16.0 Å². The number of nitrogens with zero attached hydrogens (tertiary/aromatic N) is 3. The lowest BCUT2D eigenvalue weighted by atomic mass is 10.1. The maximum absolute atomic E-state index is 11.6. The van der Waals surface area contributed by atoms with Crippen molar-refractivity contribution < 1.29 is 8.42 Å². The number of sulfonamides is 1. The molecule has 1 saturated heterocycles. The van der Waals surface area contributed by atoms with E-state index in [2.05, 4.69) is 0 Å². The number of hydrogen-bond acceptors (Lipinski definition) is 5. The van der Waals surface area contributed by atoms with Crippen LogP contribution < -0.4 is 10.0 Å². The lowest BCUT2D eigenvalue weighted by Gasteiger charge is -2.24. The largest absolute Gasteiger partial charge is 0.337 e. The molecule has 2 aromatic carbocycles. The Morgan fingerprint density at radius 2 is 1.77 bits per heavy atom. The van der Waals surface area contributed by atoms with Gasteiger partial charge in [0.05, 0.1) is 17.0 Å². The average Bonchev–Trinajstić information content (AvgIpc) is 3.07. The Hall–Kier alpha value is -2.51. The van der Waals surface area contributed by atoms with Gasteiger partial charge in [-0.05, 0) is 18.9 Å². The minimum absolute atomic E-state index is 0.0795. The topological polar surface area (TPSA) is 89.2 Å². The van der Waals surface area contributed by atoms with E-state index in [-0.39, 0.29) is 11.8 Å². The first-order valence-electron chi connectivity index (χ1n) is 8.60. The van der Waals surface area contributed by atoms with Gasteiger partial charge in [-0.25, -0.2) is 23.5 Å². The quantitative estimate of drug-likeness (QED) is 0.764. The maximum Gasteiger partial charge on any atom is 0.226 e. The molecule has 1 atom stereocenters. The highest BCUT2D eigenvalue weighted by molar-refractivity contribution is 7.89. The molecular formula is C19H20N4O2S. The predicted molar refractivity (Wildman–Crippen MR) is 103 cm³/mol. The monoisotopic (exact) mass is 368 g/mol. The van der Waals surface area contributed by atoms with Crippen LogP contribution in [0.2, 0.25) is 0 Å². The molecule has 1 aliphatic heterocycles. The first-order chi connectivity index (χ1) is 12.5. The van der Waals surface area contributed by atoms with Gasteiger partial charge in [-0.1, -0.05) is 48.5 Å². The van der Waals surface area contributed by atoms with Gasteiger partial charge in [0.25, 0.3) is 0 Å². The molecule has 1 aromatic heterocycles. The molecule has 2 N–H and O–H groups in total. The second kappa shape index (κ2) is 6.66. The van der Waals surface area contributed by atoms with E-state index in [0.29, 0.717) is 5.95 Å². The van der Waals surface area contributed by atoms with Gasteiger partial charge in [-0.15, -0.1) is 0 Å². The number of benzene rings is 2. The molecule has 0 amide bonds. The Morgan fingerprint density at radius 1 is 1.04 bits per heavy atom. The Labute approximate surface area is 152 Å². The summed E-state index contributed by atoms with van der Waals surface area (Å²) in [5, 5.41) is 6.25. The van der Waals surface area contributed by atoms with Crippen molar-refractivity contribution in [3.8, 4) is 11.3 Å². The number of primary sulfonamides is 1. The third kappa shape index (κ3) is 3.40. The van der Waals surface area contributed by atoms with Gasteiger partial charge in [-0.3, -0.25) is 0 Å². The second-order valence-corrected chi connectivity index (χ2v) is 8.23. The molecule has 26 heavy (non-hydrogen) atoms. The zero-order chi connectivity index (χ0) is 18.1. The van der Waals surface area contributed by atoms with Crippen LogP contribution in [0.25, 0.3) is 22.2 Å². The number of nitrogens with two attached hydrogens (primary N) is 1. The molecule has 1 fully saturated rings. The molecule has 0 saturated carbocycles. The third-order valence-electron chi connectivity index (χ3n) is 4.70. The number of fused-ring (bicyclic) bond motifs is 1. The summed E-state index contributed by atoms with van der Waals surface area (Å²) in [7, 11) is -3.55. The summed E-state index contributed by atoms with van der Waals surface area (Å²) < 4.78 is 23.2. The van der Waals surface area contributed by atoms with Gasteiger partial charge in [0, 0.05) is 23.5 Å². The molecule has 3 aromatic rings. The molecule has 2 heterocycles. The number of rotatable bonds is 4. The molecule has 134 valence electrons. The number of aromatic nitrogens is 2. The van der Waals surface area contributed by atoms with Crippen LogP contribution in [0.1, 0.15) is 12.8 Å². The Kier molecular flexibility index (Phi) is 4.34. The Balaban J connectivity index is 1.84. The normalized spacial score (nSPS) is 17.7. The highest BCUT2D eigenvalue weighted by Crippen LogP contribution is 2.30. The molecule has 1 aliphatic rings. The van der Waals surface area contributed by atoms with Crippen molar-refractivity contribution in [1.29, 1.82) is 0 Å². The number of anilines is 1. The molecule has 0 spiro atoms. The van der Waals surface area contributed by atoms with Gasteiger partial charge >= 0.3 is 0 Å². The maximum atomic E-state index is 11.6. The van der Waals surface area contributed by atoms with Crippen molar-refractivity contribution in [3.05, 3.63) is 54.6 Å². The van der Waals surface area contributed by atoms with Crippen LogP contribution in [0.4, 0.5) is 5.95 Å². The Morgan fingerprint density at radius 3 is 2.54 bits per heavy atom. The standard InChI is InChI=1S/C19H20N4O2S/c20-26(24,25)13-15-9-6-12-23(15)19-21-17-11-5-4-10-16(17)18(22-19)14-7-2-1-3-8-14/h1-5,7-8,10-11,15H,6,9,12-13H2,(H2,20,24,25)/t15-/m1/s1. The summed E-state index contributed by atoms with van der Waals surface area (Å²) in [4.78, 5) is 11.5. The van der Waals surface area contributed by atoms with Crippen LogP contribution in [-0.4, -0.2) is 36.7 Å². The predicted octanol–water partition coefficient (Wildman–Crippen LogP) is 2.55. The van der Waals surface area contributed by atoms with Crippen LogP contribution in [0.15, 0.2) is 54.6 Å². The number of para-hydroxylation sites is 1. The Bertz CT molecular complexity index is 1040. The first-order valence-corrected chi connectivity index (χ1v) is 10.3. The fourth-order valence-electron chi connectivity index (χ4n) is 3.55. The van der Waals surface area contributed by atoms with Gasteiger partial charge in [-0.2, -0.15) is 0 Å². The van der Waals surface area contributed by atoms with Crippen molar-refractivity contribution in [1.82, 2.24) is 9.97 Å². The van der Waals surface area contributed by atoms with Crippen LogP contribution in [0, 0.1) is 0 Å². The molecule has 0 radical (unpaired) electrons. The molecular weight excluding hydrogens is 348 g/mol. The van der Waals surface area contributed by atoms with E-state index in [4.69, 9.17) is 15.1 Å². The van der Waals surface area contributed by atoms with Crippen molar-refractivity contribution in [2.45, 2.75) is 18.9 Å². The van der Waals surface area contributed by atoms with Gasteiger partial charge in [0.1, 0.15) is 0 Å². The number of hydrogen-bond donors (Lipinski definition) is 1. The summed E-state index contributed by atoms with van der Waals surface area (Å²) in [6, 6.07) is 17.7. The van der Waals surface area contributed by atoms with Crippen molar-refractivity contribution in [2.75, 3.05) is 17.2 Å². The lowest BCUT2D eigenvalue weighted by Crippen LogP contribution is -2.38. The summed E-state index contributed by atoms with van der Waals surface area (Å²) in [5.74, 6) is 0.484. The zero-order valence-corrected chi connectivity index (χ0v) is 15.1. The molecule has 4 rings (SSSR count). The van der Waals surface area contributed by atoms with Crippen LogP contribution >= 0.6 is 0 Å².